The zero-order valence-electron chi connectivity index (χ0n) is 4.59. The van der Waals surface area contributed by atoms with Crippen LogP contribution in [0.4, 0.5) is 0 Å². The predicted octanol–water partition coefficient (Wildman–Crippen LogP) is -5.49. The van der Waals surface area contributed by atoms with Gasteiger partial charge in [0.2, 0.25) is 0 Å². The quantitative estimate of drug-likeness (QED) is 0.320. The molecule has 7 heavy (non-hydrogen) atoms. The van der Waals surface area contributed by atoms with E-state index < -0.39 is 9.05 Å². The van der Waals surface area contributed by atoms with Crippen LogP contribution in [0.1, 0.15) is 1.43 Å². The standard InChI is InChI=1S/Ag.K.H4O4Si.H/c;;1-5(2,3)4;/h;;1-4H;/q;+1;;-1. The second kappa shape index (κ2) is 6.55. The average molecular weight is 244 g/mol. The van der Waals surface area contributed by atoms with Crippen LogP contribution in [-0.2, 0) is 22.4 Å². The van der Waals surface area contributed by atoms with E-state index in [1.165, 1.54) is 0 Å². The van der Waals surface area contributed by atoms with E-state index in [9.17, 15) is 0 Å². The fourth-order valence-corrected chi connectivity index (χ4v) is 0. The predicted molar refractivity (Wildman–Crippen MR) is 15.7 cm³/mol. The molecule has 7 heteroatoms. The first-order valence-electron chi connectivity index (χ1n) is 0.894. The maximum atomic E-state index is 7.33. The van der Waals surface area contributed by atoms with Gasteiger partial charge in [0, 0.05) is 22.4 Å². The fourth-order valence-electron chi connectivity index (χ4n) is 0. The van der Waals surface area contributed by atoms with Gasteiger partial charge in [0.1, 0.15) is 0 Å². The molecule has 1 radical (unpaired) electrons. The summed E-state index contributed by atoms with van der Waals surface area (Å²) in [7, 11) is -4.61. The largest absolute Gasteiger partial charge is 1.00 e. The van der Waals surface area contributed by atoms with Gasteiger partial charge < -0.3 is 20.6 Å². The van der Waals surface area contributed by atoms with Crippen LogP contribution < -0.4 is 51.4 Å². The summed E-state index contributed by atoms with van der Waals surface area (Å²) in [5.74, 6) is 0. The first-order chi connectivity index (χ1) is 2.00. The van der Waals surface area contributed by atoms with Crippen molar-refractivity contribution in [1.82, 2.24) is 0 Å². The van der Waals surface area contributed by atoms with Crippen LogP contribution in [0, 0.1) is 0 Å². The topological polar surface area (TPSA) is 80.9 Å². The van der Waals surface area contributed by atoms with E-state index in [1.54, 1.807) is 0 Å². The van der Waals surface area contributed by atoms with E-state index in [0.717, 1.165) is 0 Å². The molecule has 45 valence electrons. The maximum absolute atomic E-state index is 7.33. The van der Waals surface area contributed by atoms with E-state index in [0.29, 0.717) is 0 Å². The van der Waals surface area contributed by atoms with Gasteiger partial charge in [-0.3, -0.25) is 0 Å². The number of hydrogen-bond acceptors (Lipinski definition) is 4. The smallest absolute Gasteiger partial charge is 1.00 e. The molecule has 0 saturated heterocycles. The summed E-state index contributed by atoms with van der Waals surface area (Å²) in [6.45, 7) is 0. The normalized spacial score (nSPS) is 8.57. The molecule has 0 unspecified atom stereocenters. The van der Waals surface area contributed by atoms with Crippen LogP contribution in [0.3, 0.4) is 0 Å². The molecule has 0 spiro atoms. The van der Waals surface area contributed by atoms with Gasteiger partial charge in [0.15, 0.2) is 0 Å². The van der Waals surface area contributed by atoms with Crippen LogP contribution in [0.15, 0.2) is 0 Å². The van der Waals surface area contributed by atoms with Crippen molar-refractivity contribution in [1.29, 1.82) is 0 Å². The Morgan fingerprint density at radius 2 is 1.00 bits per heavy atom. The van der Waals surface area contributed by atoms with Crippen molar-refractivity contribution in [2.24, 2.45) is 0 Å². The fraction of sp³-hybridized carbons (Fsp3) is 0. The van der Waals surface area contributed by atoms with Gasteiger partial charge in [-0.1, -0.05) is 0 Å². The Morgan fingerprint density at radius 1 is 1.00 bits per heavy atom. The van der Waals surface area contributed by atoms with Gasteiger partial charge in [-0.25, -0.2) is 0 Å². The summed E-state index contributed by atoms with van der Waals surface area (Å²) in [6, 6.07) is 0. The van der Waals surface area contributed by atoms with E-state index in [2.05, 4.69) is 0 Å². The Kier molecular flexibility index (Phi) is 15.2. The number of hydrogen-bond donors (Lipinski definition) is 4. The molecule has 4 N–H and O–H groups in total. The first kappa shape index (κ1) is 16.2. The summed E-state index contributed by atoms with van der Waals surface area (Å²) >= 11 is 0. The molecule has 0 amide bonds. The molecule has 0 aromatic rings. The molecule has 0 aromatic heterocycles. The van der Waals surface area contributed by atoms with E-state index in [-0.39, 0.29) is 75.2 Å². The summed E-state index contributed by atoms with van der Waals surface area (Å²) in [5, 5.41) is 0. The minimum absolute atomic E-state index is 0. The van der Waals surface area contributed by atoms with E-state index in [1.807, 2.05) is 0 Å². The van der Waals surface area contributed by atoms with Crippen molar-refractivity contribution < 1.29 is 94.4 Å². The van der Waals surface area contributed by atoms with Gasteiger partial charge in [-0.2, -0.15) is 0 Å². The monoisotopic (exact) mass is 243 g/mol. The summed E-state index contributed by atoms with van der Waals surface area (Å²) < 4.78 is 0. The van der Waals surface area contributed by atoms with Crippen LogP contribution >= 0.6 is 0 Å². The zero-order valence-corrected chi connectivity index (χ0v) is 9.20. The zero-order chi connectivity index (χ0) is 4.50. The molecule has 0 fully saturated rings. The third kappa shape index (κ3) is 58.9. The molecular formula is H5AgKO4Si. The third-order valence-electron chi connectivity index (χ3n) is 0. The molecule has 0 aliphatic heterocycles. The van der Waals surface area contributed by atoms with Gasteiger partial charge in [-0.15, -0.1) is 0 Å². The van der Waals surface area contributed by atoms with Crippen molar-refractivity contribution >= 4 is 9.05 Å². The van der Waals surface area contributed by atoms with Gasteiger partial charge >= 0.3 is 60.4 Å². The van der Waals surface area contributed by atoms with E-state index >= 15 is 0 Å². The Balaban J connectivity index is -0.0000000267. The Hall–Kier alpha value is 2.43. The van der Waals surface area contributed by atoms with Crippen molar-refractivity contribution in [2.75, 3.05) is 0 Å². The Bertz CT molecular complexity index is 31.5. The van der Waals surface area contributed by atoms with Gasteiger partial charge in [0.25, 0.3) is 0 Å². The molecule has 0 rings (SSSR count). The minimum atomic E-state index is -4.61. The van der Waals surface area contributed by atoms with Gasteiger partial charge in [-0.05, 0) is 0 Å². The van der Waals surface area contributed by atoms with Crippen molar-refractivity contribution in [3.63, 3.8) is 0 Å². The SMILES string of the molecule is O[Si](O)(O)O.[Ag].[H-].[K+]. The summed E-state index contributed by atoms with van der Waals surface area (Å²) in [5.41, 5.74) is 0. The Morgan fingerprint density at radius 3 is 1.00 bits per heavy atom. The second-order valence-corrected chi connectivity index (χ2v) is 1.80. The van der Waals surface area contributed by atoms with Crippen LogP contribution in [-0.4, -0.2) is 28.2 Å². The maximum Gasteiger partial charge on any atom is 1.00 e. The second-order valence-electron chi connectivity index (χ2n) is 0.600. The van der Waals surface area contributed by atoms with Crippen molar-refractivity contribution in [2.45, 2.75) is 0 Å². The molecule has 0 aromatic carbocycles. The van der Waals surface area contributed by atoms with Crippen LogP contribution in [0.25, 0.3) is 0 Å². The molecule has 0 saturated carbocycles. The van der Waals surface area contributed by atoms with E-state index in [4.69, 9.17) is 19.2 Å². The van der Waals surface area contributed by atoms with Gasteiger partial charge in [0.05, 0.1) is 0 Å². The van der Waals surface area contributed by atoms with Crippen LogP contribution in [0.2, 0.25) is 0 Å². The number of rotatable bonds is 0. The Labute approximate surface area is 101 Å². The third-order valence-corrected chi connectivity index (χ3v) is 0. The molecule has 0 aliphatic carbocycles. The average Bonchev–Trinajstić information content (AvgIpc) is 0.722. The molecule has 0 bridgehead atoms. The first-order valence-corrected chi connectivity index (χ1v) is 2.68. The molecule has 0 heterocycles. The summed E-state index contributed by atoms with van der Waals surface area (Å²) in [4.78, 5) is 29.3. The molecule has 0 atom stereocenters. The summed E-state index contributed by atoms with van der Waals surface area (Å²) in [6.07, 6.45) is 0. The van der Waals surface area contributed by atoms with Crippen molar-refractivity contribution in [3.8, 4) is 0 Å². The van der Waals surface area contributed by atoms with Crippen molar-refractivity contribution in [3.05, 3.63) is 0 Å². The minimum Gasteiger partial charge on any atom is -1.00 e. The molecule has 0 aliphatic rings. The molecule has 4 nitrogen and oxygen atoms in total. The molecular weight excluding hydrogens is 239 g/mol. The van der Waals surface area contributed by atoms with Crippen LogP contribution in [0.5, 0.6) is 0 Å².